The number of hydrogen-bond acceptors (Lipinski definition) is 7. The van der Waals surface area contributed by atoms with Gasteiger partial charge in [-0.3, -0.25) is 4.72 Å². The van der Waals surface area contributed by atoms with Crippen LogP contribution in [0.5, 0.6) is 0 Å². The minimum atomic E-state index is -3.77. The SMILES string of the molecule is CC(C)(C)c1ccc(S(=O)(=O)Nc2ccc(-c3nc(-c4ccnc(Nc5ccc(F)c(F)c5)c4)no3)cc2)cc1. The molecule has 2 N–H and O–H groups in total. The number of rotatable bonds is 7. The predicted octanol–water partition coefficient (Wildman–Crippen LogP) is 6.92. The lowest BCUT2D eigenvalue weighted by molar-refractivity contribution is 0.432. The number of halogens is 2. The fourth-order valence-corrected chi connectivity index (χ4v) is 4.91. The lowest BCUT2D eigenvalue weighted by atomic mass is 9.87. The van der Waals surface area contributed by atoms with E-state index in [1.807, 2.05) is 12.1 Å². The van der Waals surface area contributed by atoms with E-state index in [9.17, 15) is 17.2 Å². The number of pyridine rings is 1. The van der Waals surface area contributed by atoms with E-state index in [2.05, 4.69) is 45.9 Å². The van der Waals surface area contributed by atoms with Crippen LogP contribution in [0.4, 0.5) is 26.0 Å². The Bertz CT molecular complexity index is 1770. The highest BCUT2D eigenvalue weighted by molar-refractivity contribution is 7.92. The maximum absolute atomic E-state index is 13.5. The van der Waals surface area contributed by atoms with Gasteiger partial charge in [-0.05, 0) is 71.6 Å². The first-order valence-electron chi connectivity index (χ1n) is 12.2. The van der Waals surface area contributed by atoms with Crippen molar-refractivity contribution < 1.29 is 21.7 Å². The molecular formula is C29H25F2N5O3S. The van der Waals surface area contributed by atoms with Crippen molar-refractivity contribution in [2.75, 3.05) is 10.0 Å². The van der Waals surface area contributed by atoms with Crippen molar-refractivity contribution in [2.45, 2.75) is 31.1 Å². The highest BCUT2D eigenvalue weighted by Crippen LogP contribution is 2.27. The molecule has 5 rings (SSSR count). The van der Waals surface area contributed by atoms with Gasteiger partial charge in [0.1, 0.15) is 5.82 Å². The lowest BCUT2D eigenvalue weighted by Gasteiger charge is -2.19. The molecule has 2 aromatic heterocycles. The van der Waals surface area contributed by atoms with Gasteiger partial charge in [0.05, 0.1) is 4.90 Å². The van der Waals surface area contributed by atoms with Gasteiger partial charge in [0, 0.05) is 34.8 Å². The second kappa shape index (κ2) is 10.5. The minimum absolute atomic E-state index is 0.0819. The summed E-state index contributed by atoms with van der Waals surface area (Å²) in [6, 6.07) is 20.1. The third kappa shape index (κ3) is 5.99. The molecule has 0 aliphatic rings. The molecule has 8 nitrogen and oxygen atoms in total. The number of nitrogens with one attached hydrogen (secondary N) is 2. The zero-order valence-electron chi connectivity index (χ0n) is 21.8. The Kier molecular flexibility index (Phi) is 7.07. The molecule has 0 unspecified atom stereocenters. The van der Waals surface area contributed by atoms with E-state index in [4.69, 9.17) is 4.52 Å². The van der Waals surface area contributed by atoms with Crippen LogP contribution in [0.3, 0.4) is 0 Å². The maximum atomic E-state index is 13.5. The average molecular weight is 562 g/mol. The molecule has 0 radical (unpaired) electrons. The zero-order valence-corrected chi connectivity index (χ0v) is 22.6. The third-order valence-corrected chi connectivity index (χ3v) is 7.45. The van der Waals surface area contributed by atoms with E-state index in [0.29, 0.717) is 28.3 Å². The largest absolute Gasteiger partial charge is 0.340 e. The lowest BCUT2D eigenvalue weighted by Crippen LogP contribution is -2.14. The molecule has 0 amide bonds. The van der Waals surface area contributed by atoms with Gasteiger partial charge in [0.15, 0.2) is 11.6 Å². The second-order valence-electron chi connectivity index (χ2n) is 10.1. The number of aromatic nitrogens is 3. The summed E-state index contributed by atoms with van der Waals surface area (Å²) >= 11 is 0. The van der Waals surface area contributed by atoms with E-state index < -0.39 is 21.7 Å². The van der Waals surface area contributed by atoms with E-state index in [-0.39, 0.29) is 22.0 Å². The fourth-order valence-electron chi connectivity index (χ4n) is 3.85. The number of sulfonamides is 1. The Balaban J connectivity index is 1.29. The Hall–Kier alpha value is -4.64. The smallest absolute Gasteiger partial charge is 0.261 e. The summed E-state index contributed by atoms with van der Waals surface area (Å²) in [4.78, 5) is 8.77. The Morgan fingerprint density at radius 2 is 1.50 bits per heavy atom. The first-order chi connectivity index (χ1) is 19.0. The molecule has 0 aliphatic heterocycles. The first-order valence-corrected chi connectivity index (χ1v) is 13.7. The molecule has 40 heavy (non-hydrogen) atoms. The normalized spacial score (nSPS) is 11.8. The number of benzene rings is 3. The molecule has 2 heterocycles. The molecule has 0 spiro atoms. The van der Waals surface area contributed by atoms with Gasteiger partial charge in [0.2, 0.25) is 5.82 Å². The summed E-state index contributed by atoms with van der Waals surface area (Å²) in [5.74, 6) is -1.02. The van der Waals surface area contributed by atoms with Crippen molar-refractivity contribution >= 4 is 27.2 Å². The van der Waals surface area contributed by atoms with Crippen LogP contribution in [-0.2, 0) is 15.4 Å². The van der Waals surface area contributed by atoms with Crippen LogP contribution >= 0.6 is 0 Å². The summed E-state index contributed by atoms with van der Waals surface area (Å²) < 4.78 is 60.4. The van der Waals surface area contributed by atoms with Crippen LogP contribution < -0.4 is 10.0 Å². The third-order valence-electron chi connectivity index (χ3n) is 6.05. The van der Waals surface area contributed by atoms with Crippen LogP contribution in [0.2, 0.25) is 0 Å². The van der Waals surface area contributed by atoms with Crippen molar-refractivity contribution in [3.63, 3.8) is 0 Å². The van der Waals surface area contributed by atoms with Gasteiger partial charge in [-0.15, -0.1) is 0 Å². The predicted molar refractivity (Wildman–Crippen MR) is 149 cm³/mol. The van der Waals surface area contributed by atoms with Gasteiger partial charge in [-0.1, -0.05) is 38.1 Å². The Morgan fingerprint density at radius 1 is 0.800 bits per heavy atom. The van der Waals surface area contributed by atoms with Gasteiger partial charge < -0.3 is 9.84 Å². The highest BCUT2D eigenvalue weighted by Gasteiger charge is 2.18. The maximum Gasteiger partial charge on any atom is 0.261 e. The van der Waals surface area contributed by atoms with E-state index in [0.717, 1.165) is 17.7 Å². The Labute approximate surface area is 230 Å². The second-order valence-corrected chi connectivity index (χ2v) is 11.7. The van der Waals surface area contributed by atoms with Crippen LogP contribution in [0.15, 0.2) is 94.5 Å². The number of nitrogens with zero attached hydrogens (tertiary/aromatic N) is 3. The molecule has 0 saturated heterocycles. The summed E-state index contributed by atoms with van der Waals surface area (Å²) in [6.07, 6.45) is 1.52. The minimum Gasteiger partial charge on any atom is -0.340 e. The standard InChI is InChI=1S/C29H25F2N5O3S/c1-29(2,3)20-6-11-23(12-7-20)40(37,38)36-21-8-4-18(5-9-21)28-34-27(35-39-28)19-14-15-32-26(16-19)33-22-10-13-24(30)25(31)17-22/h4-17,36H,1-3H3,(H,32,33). The van der Waals surface area contributed by atoms with Gasteiger partial charge in [0.25, 0.3) is 15.9 Å². The van der Waals surface area contributed by atoms with Crippen LogP contribution in [0.25, 0.3) is 22.8 Å². The highest BCUT2D eigenvalue weighted by atomic mass is 32.2. The molecule has 204 valence electrons. The van der Waals surface area contributed by atoms with Crippen molar-refractivity contribution in [3.8, 4) is 22.8 Å². The average Bonchev–Trinajstić information content (AvgIpc) is 3.41. The van der Waals surface area contributed by atoms with Gasteiger partial charge >= 0.3 is 0 Å². The van der Waals surface area contributed by atoms with Crippen molar-refractivity contribution in [1.29, 1.82) is 0 Å². The zero-order chi connectivity index (χ0) is 28.5. The van der Waals surface area contributed by atoms with E-state index in [1.54, 1.807) is 48.5 Å². The van der Waals surface area contributed by atoms with Gasteiger partial charge in [-0.2, -0.15) is 4.98 Å². The summed E-state index contributed by atoms with van der Waals surface area (Å²) in [5.41, 5.74) is 2.83. The molecule has 0 saturated carbocycles. The number of anilines is 3. The Morgan fingerprint density at radius 3 is 2.17 bits per heavy atom. The fraction of sp³-hybridized carbons (Fsp3) is 0.138. The number of hydrogen-bond donors (Lipinski definition) is 2. The summed E-state index contributed by atoms with van der Waals surface area (Å²) in [5, 5.41) is 6.93. The van der Waals surface area contributed by atoms with Gasteiger partial charge in [-0.25, -0.2) is 22.2 Å². The summed E-state index contributed by atoms with van der Waals surface area (Å²) in [7, 11) is -3.77. The van der Waals surface area contributed by atoms with E-state index >= 15 is 0 Å². The first kappa shape index (κ1) is 26.9. The molecule has 3 aromatic carbocycles. The van der Waals surface area contributed by atoms with Crippen LogP contribution in [0.1, 0.15) is 26.3 Å². The van der Waals surface area contributed by atoms with Crippen LogP contribution in [0, 0.1) is 11.6 Å². The molecule has 0 bridgehead atoms. The quantitative estimate of drug-likeness (QED) is 0.222. The molecule has 5 aromatic rings. The summed E-state index contributed by atoms with van der Waals surface area (Å²) in [6.45, 7) is 6.19. The molecule has 0 atom stereocenters. The molecule has 0 fully saturated rings. The molecular weight excluding hydrogens is 536 g/mol. The van der Waals surface area contributed by atoms with Crippen molar-refractivity contribution in [2.24, 2.45) is 0 Å². The topological polar surface area (TPSA) is 110 Å². The van der Waals surface area contributed by atoms with Crippen molar-refractivity contribution in [3.05, 3.63) is 102 Å². The molecule has 0 aliphatic carbocycles. The molecule has 11 heteroatoms. The van der Waals surface area contributed by atoms with Crippen molar-refractivity contribution in [1.82, 2.24) is 15.1 Å². The van der Waals surface area contributed by atoms with E-state index in [1.165, 1.54) is 12.3 Å². The van der Waals surface area contributed by atoms with Crippen LogP contribution in [-0.4, -0.2) is 23.5 Å². The monoisotopic (exact) mass is 561 g/mol.